The van der Waals surface area contributed by atoms with E-state index in [2.05, 4.69) is 6.58 Å². The van der Waals surface area contributed by atoms with Crippen LogP contribution in [0.25, 0.3) is 0 Å². The Bertz CT molecular complexity index is 535. The van der Waals surface area contributed by atoms with Crippen molar-refractivity contribution in [2.24, 2.45) is 11.8 Å². The molecule has 5 heteroatoms. The van der Waals surface area contributed by atoms with Crippen LogP contribution in [-0.2, 0) is 19.1 Å². The second kappa shape index (κ2) is 8.77. The van der Waals surface area contributed by atoms with Crippen LogP contribution in [0, 0.1) is 11.8 Å². The van der Waals surface area contributed by atoms with Crippen molar-refractivity contribution in [1.29, 1.82) is 0 Å². The van der Waals surface area contributed by atoms with Gasteiger partial charge >= 0.3 is 11.9 Å². The van der Waals surface area contributed by atoms with E-state index in [1.165, 1.54) is 0 Å². The number of aldehydes is 1. The van der Waals surface area contributed by atoms with Crippen molar-refractivity contribution in [2.45, 2.75) is 20.3 Å². The minimum atomic E-state index is -0.890. The van der Waals surface area contributed by atoms with Gasteiger partial charge in [0.05, 0.1) is 6.61 Å². The molecule has 0 bridgehead atoms. The van der Waals surface area contributed by atoms with Gasteiger partial charge in [-0.25, -0.2) is 4.79 Å². The van der Waals surface area contributed by atoms with E-state index in [9.17, 15) is 14.4 Å². The fourth-order valence-electron chi connectivity index (χ4n) is 1.73. The summed E-state index contributed by atoms with van der Waals surface area (Å²) in [6.07, 6.45) is 0.807. The molecule has 5 nitrogen and oxygen atoms in total. The zero-order chi connectivity index (χ0) is 16.5. The lowest BCUT2D eigenvalue weighted by Crippen LogP contribution is -2.25. The second-order valence-electron chi connectivity index (χ2n) is 5.20. The van der Waals surface area contributed by atoms with Crippen LogP contribution in [0.3, 0.4) is 0 Å². The summed E-state index contributed by atoms with van der Waals surface area (Å²) in [5, 5.41) is 0. The molecule has 0 aromatic heterocycles. The third-order valence-corrected chi connectivity index (χ3v) is 2.93. The lowest BCUT2D eigenvalue weighted by Gasteiger charge is -2.15. The maximum atomic E-state index is 12.0. The number of para-hydroxylation sites is 1. The molecule has 118 valence electrons. The van der Waals surface area contributed by atoms with E-state index in [4.69, 9.17) is 9.47 Å². The molecule has 2 unspecified atom stereocenters. The first-order valence-corrected chi connectivity index (χ1v) is 6.98. The summed E-state index contributed by atoms with van der Waals surface area (Å²) in [6, 6.07) is 8.54. The average Bonchev–Trinajstić information content (AvgIpc) is 2.50. The van der Waals surface area contributed by atoms with Gasteiger partial charge in [-0.15, -0.1) is 0 Å². The topological polar surface area (TPSA) is 69.7 Å². The van der Waals surface area contributed by atoms with Crippen molar-refractivity contribution in [3.63, 3.8) is 0 Å². The average molecular weight is 304 g/mol. The highest BCUT2D eigenvalue weighted by molar-refractivity contribution is 5.89. The van der Waals surface area contributed by atoms with E-state index in [1.807, 2.05) is 0 Å². The molecule has 0 heterocycles. The van der Waals surface area contributed by atoms with Gasteiger partial charge in [0.1, 0.15) is 18.0 Å². The van der Waals surface area contributed by atoms with E-state index in [0.717, 1.165) is 0 Å². The van der Waals surface area contributed by atoms with E-state index in [1.54, 1.807) is 44.2 Å². The highest BCUT2D eigenvalue weighted by atomic mass is 16.5. The third-order valence-electron chi connectivity index (χ3n) is 2.93. The van der Waals surface area contributed by atoms with Crippen molar-refractivity contribution in [1.82, 2.24) is 0 Å². The number of hydrogen-bond donors (Lipinski definition) is 0. The Hall–Kier alpha value is -2.43. The predicted octanol–water partition coefficient (Wildman–Crippen LogP) is 2.55. The van der Waals surface area contributed by atoms with Crippen LogP contribution in [-0.4, -0.2) is 24.8 Å². The zero-order valence-corrected chi connectivity index (χ0v) is 12.8. The van der Waals surface area contributed by atoms with Gasteiger partial charge in [0, 0.05) is 5.57 Å². The first-order valence-electron chi connectivity index (χ1n) is 6.98. The van der Waals surface area contributed by atoms with Crippen molar-refractivity contribution < 1.29 is 23.9 Å². The molecule has 1 rings (SSSR count). The van der Waals surface area contributed by atoms with E-state index >= 15 is 0 Å². The van der Waals surface area contributed by atoms with Crippen LogP contribution >= 0.6 is 0 Å². The Morgan fingerprint density at radius 3 is 2.45 bits per heavy atom. The van der Waals surface area contributed by atoms with E-state index < -0.39 is 17.9 Å². The van der Waals surface area contributed by atoms with Crippen molar-refractivity contribution in [2.75, 3.05) is 6.61 Å². The summed E-state index contributed by atoms with van der Waals surface area (Å²) >= 11 is 0. The van der Waals surface area contributed by atoms with Crippen LogP contribution < -0.4 is 4.74 Å². The summed E-state index contributed by atoms with van der Waals surface area (Å²) in [5.41, 5.74) is 0.308. The van der Waals surface area contributed by atoms with Gasteiger partial charge in [0.15, 0.2) is 0 Å². The quantitative estimate of drug-likeness (QED) is 0.243. The van der Waals surface area contributed by atoms with Crippen LogP contribution in [0.15, 0.2) is 42.5 Å². The van der Waals surface area contributed by atoms with Gasteiger partial charge < -0.3 is 14.3 Å². The van der Waals surface area contributed by atoms with Gasteiger partial charge in [0.2, 0.25) is 0 Å². The number of carbonyl (C=O) groups is 3. The summed E-state index contributed by atoms with van der Waals surface area (Å²) in [5.74, 6) is -1.75. The van der Waals surface area contributed by atoms with Gasteiger partial charge in [-0.2, -0.15) is 0 Å². The molecule has 0 saturated carbocycles. The molecular formula is C17H20O5. The first kappa shape index (κ1) is 17.6. The van der Waals surface area contributed by atoms with E-state index in [0.29, 0.717) is 17.6 Å². The minimum Gasteiger partial charge on any atom is -0.462 e. The van der Waals surface area contributed by atoms with Crippen molar-refractivity contribution in [3.8, 4) is 5.75 Å². The maximum absolute atomic E-state index is 12.0. The largest absolute Gasteiger partial charge is 0.462 e. The summed E-state index contributed by atoms with van der Waals surface area (Å²) in [6.45, 7) is 6.94. The molecule has 0 aliphatic rings. The van der Waals surface area contributed by atoms with Gasteiger partial charge in [0.25, 0.3) is 0 Å². The molecular weight excluding hydrogens is 284 g/mol. The van der Waals surface area contributed by atoms with Gasteiger partial charge in [-0.05, 0) is 31.4 Å². The first-order chi connectivity index (χ1) is 10.4. The zero-order valence-electron chi connectivity index (χ0n) is 12.8. The number of carbonyl (C=O) groups excluding carboxylic acids is 3. The van der Waals surface area contributed by atoms with Crippen molar-refractivity contribution in [3.05, 3.63) is 42.5 Å². The number of benzene rings is 1. The molecule has 1 aromatic carbocycles. The number of hydrogen-bond acceptors (Lipinski definition) is 5. The standard InChI is InChI=1S/C17H20O5/c1-12(2)16(19)21-11-13(3)9-14(10-18)17(20)22-15-7-5-4-6-8-15/h4-8,10,13-14H,1,9,11H2,2-3H3. The predicted molar refractivity (Wildman–Crippen MR) is 81.2 cm³/mol. The van der Waals surface area contributed by atoms with E-state index in [-0.39, 0.29) is 18.9 Å². The van der Waals surface area contributed by atoms with Crippen LogP contribution in [0.5, 0.6) is 5.75 Å². The molecule has 22 heavy (non-hydrogen) atoms. The fourth-order valence-corrected chi connectivity index (χ4v) is 1.73. The highest BCUT2D eigenvalue weighted by Gasteiger charge is 2.23. The molecule has 0 radical (unpaired) electrons. The smallest absolute Gasteiger partial charge is 0.333 e. The SMILES string of the molecule is C=C(C)C(=O)OCC(C)CC(C=O)C(=O)Oc1ccccc1. The number of rotatable bonds is 8. The lowest BCUT2D eigenvalue weighted by molar-refractivity contribution is -0.142. The Kier molecular flexibility index (Phi) is 7.02. The molecule has 0 fully saturated rings. The summed E-state index contributed by atoms with van der Waals surface area (Å²) in [7, 11) is 0. The molecule has 0 aliphatic carbocycles. The number of ether oxygens (including phenoxy) is 2. The molecule has 0 amide bonds. The van der Waals surface area contributed by atoms with Crippen LogP contribution in [0.2, 0.25) is 0 Å². The molecule has 0 aliphatic heterocycles. The summed E-state index contributed by atoms with van der Waals surface area (Å²) in [4.78, 5) is 34.3. The molecule has 0 N–H and O–H groups in total. The highest BCUT2D eigenvalue weighted by Crippen LogP contribution is 2.16. The second-order valence-corrected chi connectivity index (χ2v) is 5.20. The molecule has 2 atom stereocenters. The monoisotopic (exact) mass is 304 g/mol. The molecule has 0 spiro atoms. The third kappa shape index (κ3) is 5.91. The normalized spacial score (nSPS) is 12.8. The minimum absolute atomic E-state index is 0.120. The molecule has 1 aromatic rings. The molecule has 0 saturated heterocycles. The summed E-state index contributed by atoms with van der Waals surface area (Å²) < 4.78 is 10.1. The van der Waals surface area contributed by atoms with Crippen LogP contribution in [0.4, 0.5) is 0 Å². The lowest BCUT2D eigenvalue weighted by atomic mass is 9.97. The van der Waals surface area contributed by atoms with Gasteiger partial charge in [-0.3, -0.25) is 4.79 Å². The Labute approximate surface area is 129 Å². The Balaban J connectivity index is 2.49. The van der Waals surface area contributed by atoms with Crippen LogP contribution in [0.1, 0.15) is 20.3 Å². The maximum Gasteiger partial charge on any atom is 0.333 e. The number of esters is 2. The Morgan fingerprint density at radius 2 is 1.91 bits per heavy atom. The Morgan fingerprint density at radius 1 is 1.27 bits per heavy atom. The van der Waals surface area contributed by atoms with Crippen molar-refractivity contribution >= 4 is 18.2 Å². The van der Waals surface area contributed by atoms with Gasteiger partial charge in [-0.1, -0.05) is 31.7 Å². The fraction of sp³-hybridized carbons (Fsp3) is 0.353.